The van der Waals surface area contributed by atoms with Crippen molar-refractivity contribution in [3.8, 4) is 0 Å². The molecule has 2 aromatic rings. The Balaban J connectivity index is 2.36. The van der Waals surface area contributed by atoms with E-state index in [1.165, 1.54) is 6.20 Å². The molecule has 0 saturated heterocycles. The first-order chi connectivity index (χ1) is 8.94. The fourth-order valence-electron chi connectivity index (χ4n) is 1.78. The van der Waals surface area contributed by atoms with Gasteiger partial charge in [-0.05, 0) is 25.0 Å². The molecule has 0 bridgehead atoms. The lowest BCUT2D eigenvalue weighted by Gasteiger charge is -2.09. The zero-order valence-electron chi connectivity index (χ0n) is 11.2. The third kappa shape index (κ3) is 2.78. The van der Waals surface area contributed by atoms with E-state index in [1.807, 2.05) is 19.1 Å². The molecule has 102 valence electrons. The van der Waals surface area contributed by atoms with Crippen molar-refractivity contribution in [2.24, 2.45) is 7.05 Å². The molecule has 0 aliphatic carbocycles. The van der Waals surface area contributed by atoms with Crippen LogP contribution in [0, 0.1) is 6.92 Å². The Morgan fingerprint density at radius 2 is 2.00 bits per heavy atom. The molecule has 1 aromatic heterocycles. The average Bonchev–Trinajstić information content (AvgIpc) is 2.71. The topological polar surface area (TPSA) is 64.0 Å². The molecular formula is C13H17N3O2S. The van der Waals surface area contributed by atoms with Crippen LogP contribution in [0.25, 0.3) is 0 Å². The minimum atomic E-state index is -3.63. The molecule has 0 spiro atoms. The molecule has 5 nitrogen and oxygen atoms in total. The Hall–Kier alpha value is -1.82. The van der Waals surface area contributed by atoms with E-state index in [0.717, 1.165) is 12.0 Å². The van der Waals surface area contributed by atoms with Gasteiger partial charge in [0.25, 0.3) is 10.0 Å². The quantitative estimate of drug-likeness (QED) is 0.932. The number of nitrogens with zero attached hydrogens (tertiary/aromatic N) is 2. The fourth-order valence-corrected chi connectivity index (χ4v) is 2.92. The molecule has 19 heavy (non-hydrogen) atoms. The molecule has 2 rings (SSSR count). The van der Waals surface area contributed by atoms with Gasteiger partial charge >= 0.3 is 0 Å². The summed E-state index contributed by atoms with van der Waals surface area (Å²) in [5.41, 5.74) is 1.56. The second-order valence-electron chi connectivity index (χ2n) is 4.35. The van der Waals surface area contributed by atoms with Gasteiger partial charge in [0, 0.05) is 13.2 Å². The van der Waals surface area contributed by atoms with E-state index in [0.29, 0.717) is 11.5 Å². The summed E-state index contributed by atoms with van der Waals surface area (Å²) in [5.74, 6) is 0.657. The number of anilines is 1. The normalized spacial score (nSPS) is 11.5. The van der Waals surface area contributed by atoms with Crippen LogP contribution in [0.2, 0.25) is 0 Å². The average molecular weight is 279 g/mol. The lowest BCUT2D eigenvalue weighted by atomic mass is 10.1. The van der Waals surface area contributed by atoms with Crippen molar-refractivity contribution in [3.05, 3.63) is 41.9 Å². The standard InChI is InChI=1S/C13H17N3O2S/c1-4-11-7-5-6-8-12(11)15-19(17,18)13-9-16(3)10(2)14-13/h5-9,15H,4H2,1-3H3. The first-order valence-electron chi connectivity index (χ1n) is 6.04. The Labute approximate surface area is 113 Å². The summed E-state index contributed by atoms with van der Waals surface area (Å²) in [6.45, 7) is 3.75. The van der Waals surface area contributed by atoms with E-state index in [-0.39, 0.29) is 5.03 Å². The van der Waals surface area contributed by atoms with E-state index in [4.69, 9.17) is 0 Å². The maximum Gasteiger partial charge on any atom is 0.280 e. The summed E-state index contributed by atoms with van der Waals surface area (Å²) in [7, 11) is -1.86. The SMILES string of the molecule is CCc1ccccc1NS(=O)(=O)c1cn(C)c(C)n1. The largest absolute Gasteiger partial charge is 0.337 e. The summed E-state index contributed by atoms with van der Waals surface area (Å²) in [6, 6.07) is 7.36. The molecule has 0 saturated carbocycles. The van der Waals surface area contributed by atoms with Crippen LogP contribution in [0.4, 0.5) is 5.69 Å². The summed E-state index contributed by atoms with van der Waals surface area (Å²) in [5, 5.41) is 0.0402. The first kappa shape index (κ1) is 13.6. The van der Waals surface area contributed by atoms with Gasteiger partial charge in [0.2, 0.25) is 0 Å². The van der Waals surface area contributed by atoms with Crippen molar-refractivity contribution in [1.82, 2.24) is 9.55 Å². The molecule has 0 atom stereocenters. The number of hydrogen-bond acceptors (Lipinski definition) is 3. The highest BCUT2D eigenvalue weighted by molar-refractivity contribution is 7.92. The van der Waals surface area contributed by atoms with Crippen molar-refractivity contribution in [2.45, 2.75) is 25.3 Å². The molecule has 0 amide bonds. The Bertz CT molecular complexity index is 670. The smallest absolute Gasteiger partial charge is 0.280 e. The minimum absolute atomic E-state index is 0.0402. The summed E-state index contributed by atoms with van der Waals surface area (Å²) in [6.07, 6.45) is 2.27. The summed E-state index contributed by atoms with van der Waals surface area (Å²) >= 11 is 0. The second-order valence-corrected chi connectivity index (χ2v) is 5.98. The molecule has 1 aromatic carbocycles. The molecular weight excluding hydrogens is 262 g/mol. The summed E-state index contributed by atoms with van der Waals surface area (Å²) < 4.78 is 28.8. The maximum atomic E-state index is 12.2. The number of sulfonamides is 1. The zero-order chi connectivity index (χ0) is 14.0. The minimum Gasteiger partial charge on any atom is -0.337 e. The lowest BCUT2D eigenvalue weighted by Crippen LogP contribution is -2.14. The number of benzene rings is 1. The van der Waals surface area contributed by atoms with Crippen molar-refractivity contribution < 1.29 is 8.42 Å². The number of para-hydroxylation sites is 1. The van der Waals surface area contributed by atoms with Gasteiger partial charge in [-0.25, -0.2) is 4.98 Å². The number of hydrogen-bond donors (Lipinski definition) is 1. The number of rotatable bonds is 4. The third-order valence-corrected chi connectivity index (χ3v) is 4.24. The highest BCUT2D eigenvalue weighted by Crippen LogP contribution is 2.19. The lowest BCUT2D eigenvalue weighted by molar-refractivity contribution is 0.598. The van der Waals surface area contributed by atoms with Crippen molar-refractivity contribution in [2.75, 3.05) is 4.72 Å². The molecule has 0 radical (unpaired) electrons. The van der Waals surface area contributed by atoms with Crippen LogP contribution in [0.3, 0.4) is 0 Å². The van der Waals surface area contributed by atoms with Gasteiger partial charge in [0.15, 0.2) is 5.03 Å². The Kier molecular flexibility index (Phi) is 3.61. The monoisotopic (exact) mass is 279 g/mol. The highest BCUT2D eigenvalue weighted by Gasteiger charge is 2.19. The van der Waals surface area contributed by atoms with E-state index in [1.54, 1.807) is 30.7 Å². The van der Waals surface area contributed by atoms with E-state index < -0.39 is 10.0 Å². The predicted molar refractivity (Wildman–Crippen MR) is 74.6 cm³/mol. The molecule has 0 unspecified atom stereocenters. The number of aryl methyl sites for hydroxylation is 3. The molecule has 0 aliphatic heterocycles. The van der Waals surface area contributed by atoms with E-state index in [9.17, 15) is 8.42 Å². The van der Waals surface area contributed by atoms with Gasteiger partial charge in [-0.15, -0.1) is 0 Å². The maximum absolute atomic E-state index is 12.2. The van der Waals surface area contributed by atoms with Gasteiger partial charge in [-0.2, -0.15) is 8.42 Å². The van der Waals surface area contributed by atoms with Crippen LogP contribution in [0.15, 0.2) is 35.5 Å². The molecule has 0 fully saturated rings. The number of aromatic nitrogens is 2. The zero-order valence-corrected chi connectivity index (χ0v) is 12.0. The number of nitrogens with one attached hydrogen (secondary N) is 1. The van der Waals surface area contributed by atoms with Gasteiger partial charge in [0.05, 0.1) is 5.69 Å². The number of imidazole rings is 1. The van der Waals surface area contributed by atoms with Crippen LogP contribution >= 0.6 is 0 Å². The highest BCUT2D eigenvalue weighted by atomic mass is 32.2. The molecule has 1 N–H and O–H groups in total. The van der Waals surface area contributed by atoms with Gasteiger partial charge in [0.1, 0.15) is 5.82 Å². The Morgan fingerprint density at radius 3 is 2.58 bits per heavy atom. The van der Waals surface area contributed by atoms with Crippen LogP contribution in [0.5, 0.6) is 0 Å². The van der Waals surface area contributed by atoms with Crippen molar-refractivity contribution in [1.29, 1.82) is 0 Å². The third-order valence-electron chi connectivity index (χ3n) is 3.00. The van der Waals surface area contributed by atoms with Crippen LogP contribution in [-0.2, 0) is 23.5 Å². The van der Waals surface area contributed by atoms with Crippen molar-refractivity contribution in [3.63, 3.8) is 0 Å². The van der Waals surface area contributed by atoms with Crippen LogP contribution < -0.4 is 4.72 Å². The van der Waals surface area contributed by atoms with Gasteiger partial charge in [-0.3, -0.25) is 4.72 Å². The van der Waals surface area contributed by atoms with E-state index in [2.05, 4.69) is 9.71 Å². The first-order valence-corrected chi connectivity index (χ1v) is 7.53. The summed E-state index contributed by atoms with van der Waals surface area (Å²) in [4.78, 5) is 4.05. The van der Waals surface area contributed by atoms with Crippen LogP contribution in [0.1, 0.15) is 18.3 Å². The molecule has 0 aliphatic rings. The van der Waals surface area contributed by atoms with Crippen LogP contribution in [-0.4, -0.2) is 18.0 Å². The predicted octanol–water partition coefficient (Wildman–Crippen LogP) is 2.09. The molecule has 1 heterocycles. The Morgan fingerprint density at radius 1 is 1.32 bits per heavy atom. The van der Waals surface area contributed by atoms with Gasteiger partial charge in [-0.1, -0.05) is 25.1 Å². The second kappa shape index (κ2) is 5.05. The van der Waals surface area contributed by atoms with Crippen molar-refractivity contribution >= 4 is 15.7 Å². The molecule has 6 heteroatoms. The fraction of sp³-hybridized carbons (Fsp3) is 0.308. The van der Waals surface area contributed by atoms with E-state index >= 15 is 0 Å². The van der Waals surface area contributed by atoms with Gasteiger partial charge < -0.3 is 4.57 Å².